The number of rotatable bonds is 2. The first-order valence-electron chi connectivity index (χ1n) is 3.40. The highest BCUT2D eigenvalue weighted by Crippen LogP contribution is 2.31. The Bertz CT molecular complexity index is 491. The summed E-state index contributed by atoms with van der Waals surface area (Å²) in [6.45, 7) is 0. The number of nitrogens with zero attached hydrogens (tertiary/aromatic N) is 1. The Morgan fingerprint density at radius 2 is 2.00 bits per heavy atom. The van der Waals surface area contributed by atoms with E-state index in [9.17, 15) is 21.6 Å². The molecule has 0 aromatic carbocycles. The second-order valence-corrected chi connectivity index (χ2v) is 4.82. The van der Waals surface area contributed by atoms with Crippen LogP contribution in [-0.2, 0) is 10.0 Å². The lowest BCUT2D eigenvalue weighted by molar-refractivity contribution is 0.145. The van der Waals surface area contributed by atoms with Gasteiger partial charge in [0.15, 0.2) is 5.03 Å². The standard InChI is InChI=1S/C6H4BrF3N2O2S/c7-2-1-3(8)12-6(15(11,13)14)4(2)5(9)10/h1,5H,(H2,11,13,14). The molecule has 2 N–H and O–H groups in total. The highest BCUT2D eigenvalue weighted by molar-refractivity contribution is 9.10. The van der Waals surface area contributed by atoms with Gasteiger partial charge in [-0.3, -0.25) is 0 Å². The van der Waals surface area contributed by atoms with Crippen molar-refractivity contribution in [3.05, 3.63) is 22.1 Å². The Balaban J connectivity index is 3.62. The van der Waals surface area contributed by atoms with E-state index in [1.807, 2.05) is 0 Å². The van der Waals surface area contributed by atoms with E-state index in [1.165, 1.54) is 0 Å². The van der Waals surface area contributed by atoms with Crippen LogP contribution in [0.15, 0.2) is 15.6 Å². The predicted octanol–water partition coefficient (Wildman–Crippen LogP) is 1.57. The second-order valence-electron chi connectivity index (χ2n) is 2.49. The van der Waals surface area contributed by atoms with Gasteiger partial charge in [0.1, 0.15) is 0 Å². The van der Waals surface area contributed by atoms with Crippen molar-refractivity contribution >= 4 is 26.0 Å². The first-order chi connectivity index (χ1) is 6.73. The molecule has 0 saturated heterocycles. The molecule has 0 aliphatic rings. The van der Waals surface area contributed by atoms with Gasteiger partial charge in [-0.25, -0.2) is 27.3 Å². The maximum Gasteiger partial charge on any atom is 0.267 e. The Morgan fingerprint density at radius 3 is 2.40 bits per heavy atom. The van der Waals surface area contributed by atoms with Crippen molar-refractivity contribution in [1.82, 2.24) is 4.98 Å². The fourth-order valence-electron chi connectivity index (χ4n) is 0.888. The van der Waals surface area contributed by atoms with Crippen LogP contribution in [0.1, 0.15) is 12.0 Å². The SMILES string of the molecule is NS(=O)(=O)c1nc(F)cc(Br)c1C(F)F. The van der Waals surface area contributed by atoms with Gasteiger partial charge in [0.05, 0.1) is 5.56 Å². The Morgan fingerprint density at radius 1 is 1.47 bits per heavy atom. The van der Waals surface area contributed by atoms with Crippen LogP contribution >= 0.6 is 15.9 Å². The molecule has 1 aromatic rings. The minimum Gasteiger partial charge on any atom is -0.223 e. The summed E-state index contributed by atoms with van der Waals surface area (Å²) in [5, 5.41) is 3.46. The van der Waals surface area contributed by atoms with E-state index in [1.54, 1.807) is 0 Å². The lowest BCUT2D eigenvalue weighted by atomic mass is 10.3. The van der Waals surface area contributed by atoms with Crippen LogP contribution in [-0.4, -0.2) is 13.4 Å². The Labute approximate surface area is 91.5 Å². The molecular weight excluding hydrogens is 301 g/mol. The summed E-state index contributed by atoms with van der Waals surface area (Å²) in [6.07, 6.45) is -3.12. The maximum absolute atomic E-state index is 12.7. The Kier molecular flexibility index (Phi) is 3.36. The van der Waals surface area contributed by atoms with Crippen LogP contribution in [0.25, 0.3) is 0 Å². The molecule has 84 valence electrons. The van der Waals surface area contributed by atoms with Gasteiger partial charge in [0.2, 0.25) is 5.95 Å². The van der Waals surface area contributed by atoms with Gasteiger partial charge in [-0.2, -0.15) is 4.39 Å². The largest absolute Gasteiger partial charge is 0.267 e. The molecule has 0 aliphatic carbocycles. The fourth-order valence-corrected chi connectivity index (χ4v) is 2.29. The summed E-state index contributed by atoms with van der Waals surface area (Å²) < 4.78 is 58.9. The quantitative estimate of drug-likeness (QED) is 0.843. The number of pyridine rings is 1. The lowest BCUT2D eigenvalue weighted by Gasteiger charge is -2.07. The van der Waals surface area contributed by atoms with E-state index in [0.29, 0.717) is 6.07 Å². The third kappa shape index (κ3) is 2.67. The molecule has 0 atom stereocenters. The predicted molar refractivity (Wildman–Crippen MR) is 48.2 cm³/mol. The summed E-state index contributed by atoms with van der Waals surface area (Å²) >= 11 is 2.61. The van der Waals surface area contributed by atoms with Gasteiger partial charge >= 0.3 is 0 Å². The van der Waals surface area contributed by atoms with Crippen molar-refractivity contribution in [3.8, 4) is 0 Å². The highest BCUT2D eigenvalue weighted by Gasteiger charge is 2.26. The molecule has 1 rings (SSSR count). The van der Waals surface area contributed by atoms with E-state index >= 15 is 0 Å². The smallest absolute Gasteiger partial charge is 0.223 e. The number of hydrogen-bond donors (Lipinski definition) is 1. The normalized spacial score (nSPS) is 12.1. The van der Waals surface area contributed by atoms with Gasteiger partial charge in [0, 0.05) is 10.5 Å². The highest BCUT2D eigenvalue weighted by atomic mass is 79.9. The van der Waals surface area contributed by atoms with Gasteiger partial charge in [-0.05, 0) is 0 Å². The number of alkyl halides is 2. The molecule has 0 saturated carbocycles. The molecule has 0 bridgehead atoms. The van der Waals surface area contributed by atoms with Crippen molar-refractivity contribution < 1.29 is 21.6 Å². The summed E-state index contributed by atoms with van der Waals surface area (Å²) in [5.41, 5.74) is -0.945. The fraction of sp³-hybridized carbons (Fsp3) is 0.167. The topological polar surface area (TPSA) is 73.1 Å². The van der Waals surface area contributed by atoms with Crippen LogP contribution in [0.4, 0.5) is 13.2 Å². The molecule has 0 amide bonds. The van der Waals surface area contributed by atoms with Crippen molar-refractivity contribution in [2.45, 2.75) is 11.5 Å². The molecular formula is C6H4BrF3N2O2S. The number of aromatic nitrogens is 1. The van der Waals surface area contributed by atoms with Gasteiger partial charge in [-0.1, -0.05) is 15.9 Å². The third-order valence-corrected chi connectivity index (χ3v) is 2.94. The van der Waals surface area contributed by atoms with Gasteiger partial charge in [-0.15, -0.1) is 0 Å². The van der Waals surface area contributed by atoms with Crippen molar-refractivity contribution in [3.63, 3.8) is 0 Å². The van der Waals surface area contributed by atoms with E-state index in [-0.39, 0.29) is 0 Å². The number of sulfonamides is 1. The first kappa shape index (κ1) is 12.4. The summed E-state index contributed by atoms with van der Waals surface area (Å²) in [4.78, 5) is 2.84. The summed E-state index contributed by atoms with van der Waals surface area (Å²) in [6, 6.07) is 0.635. The molecule has 0 unspecified atom stereocenters. The first-order valence-corrected chi connectivity index (χ1v) is 5.74. The van der Waals surface area contributed by atoms with E-state index in [2.05, 4.69) is 26.1 Å². The molecule has 9 heteroatoms. The molecule has 0 radical (unpaired) electrons. The number of halogens is 4. The maximum atomic E-state index is 12.7. The van der Waals surface area contributed by atoms with E-state index < -0.39 is 37.5 Å². The minimum atomic E-state index is -4.48. The summed E-state index contributed by atoms with van der Waals surface area (Å²) in [5.74, 6) is -1.21. The van der Waals surface area contributed by atoms with Crippen LogP contribution < -0.4 is 5.14 Å². The molecule has 0 fully saturated rings. The minimum absolute atomic E-state index is 0.394. The molecule has 1 aromatic heterocycles. The van der Waals surface area contributed by atoms with Crippen LogP contribution in [0.5, 0.6) is 0 Å². The van der Waals surface area contributed by atoms with Crippen molar-refractivity contribution in [2.75, 3.05) is 0 Å². The van der Waals surface area contributed by atoms with Crippen molar-refractivity contribution in [1.29, 1.82) is 0 Å². The van der Waals surface area contributed by atoms with Gasteiger partial charge < -0.3 is 0 Å². The van der Waals surface area contributed by atoms with E-state index in [0.717, 1.165) is 0 Å². The van der Waals surface area contributed by atoms with Gasteiger partial charge in [0.25, 0.3) is 16.4 Å². The second kappa shape index (κ2) is 4.06. The zero-order chi connectivity index (χ0) is 11.8. The number of hydrogen-bond acceptors (Lipinski definition) is 3. The zero-order valence-corrected chi connectivity index (χ0v) is 9.32. The Hall–Kier alpha value is -0.670. The monoisotopic (exact) mass is 304 g/mol. The number of primary sulfonamides is 1. The van der Waals surface area contributed by atoms with Crippen molar-refractivity contribution in [2.24, 2.45) is 5.14 Å². The zero-order valence-electron chi connectivity index (χ0n) is 6.92. The van der Waals surface area contributed by atoms with E-state index in [4.69, 9.17) is 0 Å². The average molecular weight is 305 g/mol. The summed E-state index contributed by atoms with van der Waals surface area (Å²) in [7, 11) is -4.48. The molecule has 15 heavy (non-hydrogen) atoms. The van der Waals surface area contributed by atoms with Crippen LogP contribution in [0, 0.1) is 5.95 Å². The lowest BCUT2D eigenvalue weighted by Crippen LogP contribution is -2.18. The third-order valence-electron chi connectivity index (χ3n) is 1.43. The molecule has 0 spiro atoms. The van der Waals surface area contributed by atoms with Crippen LogP contribution in [0.2, 0.25) is 0 Å². The molecule has 0 aliphatic heterocycles. The van der Waals surface area contributed by atoms with Crippen LogP contribution in [0.3, 0.4) is 0 Å². The molecule has 4 nitrogen and oxygen atoms in total. The average Bonchev–Trinajstić information content (AvgIpc) is 1.99. The number of nitrogens with two attached hydrogens (primary N) is 1. The molecule has 1 heterocycles.